The minimum Gasteiger partial charge on any atom is -0.450 e. The molecule has 1 fully saturated rings. The fraction of sp³-hybridized carbons (Fsp3) is 0.647. The highest BCUT2D eigenvalue weighted by atomic mass is 16.6. The van der Waals surface area contributed by atoms with E-state index in [1.54, 1.807) is 29.1 Å². The first-order chi connectivity index (χ1) is 12.5. The minimum atomic E-state index is -0.326. The van der Waals surface area contributed by atoms with E-state index < -0.39 is 0 Å². The summed E-state index contributed by atoms with van der Waals surface area (Å²) in [4.78, 5) is 38.1. The van der Waals surface area contributed by atoms with Gasteiger partial charge in [0, 0.05) is 45.1 Å². The molecule has 9 heteroatoms. The van der Waals surface area contributed by atoms with Crippen molar-refractivity contribution >= 4 is 17.9 Å². The largest absolute Gasteiger partial charge is 0.450 e. The van der Waals surface area contributed by atoms with E-state index in [4.69, 9.17) is 4.74 Å². The lowest BCUT2D eigenvalue weighted by molar-refractivity contribution is 0.0570. The van der Waals surface area contributed by atoms with Gasteiger partial charge in [-0.05, 0) is 34.0 Å². The summed E-state index contributed by atoms with van der Waals surface area (Å²) in [5.74, 6) is 0.403. The van der Waals surface area contributed by atoms with Crippen molar-refractivity contribution < 1.29 is 14.3 Å². The molecule has 9 nitrogen and oxygen atoms in total. The molecule has 0 radical (unpaired) electrons. The van der Waals surface area contributed by atoms with E-state index in [0.29, 0.717) is 44.3 Å². The molecule has 0 atom stereocenters. The van der Waals surface area contributed by atoms with Crippen molar-refractivity contribution in [3.05, 3.63) is 18.0 Å². The number of carbonyl (C=O) groups excluding carboxylic acids is 2. The summed E-state index contributed by atoms with van der Waals surface area (Å²) in [6.45, 7) is 5.78. The third-order valence-electron chi connectivity index (χ3n) is 4.06. The number of carbonyl (C=O) groups is 2. The predicted octanol–water partition coefficient (Wildman–Crippen LogP) is 0.755. The van der Waals surface area contributed by atoms with Crippen molar-refractivity contribution in [2.24, 2.45) is 0 Å². The van der Waals surface area contributed by atoms with Crippen molar-refractivity contribution in [3.8, 4) is 0 Å². The van der Waals surface area contributed by atoms with Gasteiger partial charge in [0.15, 0.2) is 0 Å². The van der Waals surface area contributed by atoms with Crippen LogP contribution in [0.1, 0.15) is 23.7 Å². The van der Waals surface area contributed by atoms with E-state index in [9.17, 15) is 9.59 Å². The molecule has 0 saturated carbocycles. The summed E-state index contributed by atoms with van der Waals surface area (Å²) in [5, 5.41) is 3.14. The second-order valence-corrected chi connectivity index (χ2v) is 6.36. The number of rotatable bonds is 7. The lowest BCUT2D eigenvalue weighted by Crippen LogP contribution is -2.50. The van der Waals surface area contributed by atoms with Gasteiger partial charge < -0.3 is 24.8 Å². The van der Waals surface area contributed by atoms with E-state index >= 15 is 0 Å². The smallest absolute Gasteiger partial charge is 0.409 e. The van der Waals surface area contributed by atoms with Gasteiger partial charge >= 0.3 is 6.09 Å². The molecule has 1 aliphatic heterocycles. The molecule has 1 aromatic heterocycles. The normalized spacial score (nSPS) is 14.5. The van der Waals surface area contributed by atoms with E-state index in [-0.39, 0.29) is 12.0 Å². The average molecular weight is 364 g/mol. The first-order valence-electron chi connectivity index (χ1n) is 8.93. The molecule has 26 heavy (non-hydrogen) atoms. The van der Waals surface area contributed by atoms with Gasteiger partial charge in [0.1, 0.15) is 0 Å². The van der Waals surface area contributed by atoms with Crippen LogP contribution in [0.4, 0.5) is 10.7 Å². The third kappa shape index (κ3) is 5.83. The third-order valence-corrected chi connectivity index (χ3v) is 4.06. The van der Waals surface area contributed by atoms with Gasteiger partial charge in [0.25, 0.3) is 5.91 Å². The Morgan fingerprint density at radius 1 is 1.15 bits per heavy atom. The maximum absolute atomic E-state index is 12.5. The Balaban J connectivity index is 1.80. The van der Waals surface area contributed by atoms with Crippen LogP contribution in [0.25, 0.3) is 0 Å². The van der Waals surface area contributed by atoms with Gasteiger partial charge in [0.05, 0.1) is 12.2 Å². The maximum Gasteiger partial charge on any atom is 0.409 e. The number of hydrogen-bond donors (Lipinski definition) is 1. The molecule has 144 valence electrons. The predicted molar refractivity (Wildman–Crippen MR) is 98.2 cm³/mol. The minimum absolute atomic E-state index is 0.118. The highest BCUT2D eigenvalue weighted by Gasteiger charge is 2.25. The maximum atomic E-state index is 12.5. The molecule has 0 bridgehead atoms. The van der Waals surface area contributed by atoms with Crippen LogP contribution in [0.15, 0.2) is 12.4 Å². The molecule has 2 rings (SSSR count). The Bertz CT molecular complexity index is 585. The Kier molecular flexibility index (Phi) is 7.58. The Morgan fingerprint density at radius 3 is 2.35 bits per heavy atom. The van der Waals surface area contributed by atoms with Crippen LogP contribution in [0.5, 0.6) is 0 Å². The van der Waals surface area contributed by atoms with Crippen LogP contribution in [0, 0.1) is 0 Å². The van der Waals surface area contributed by atoms with Crippen LogP contribution >= 0.6 is 0 Å². The quantitative estimate of drug-likeness (QED) is 0.714. The highest BCUT2D eigenvalue weighted by molar-refractivity contribution is 5.93. The summed E-state index contributed by atoms with van der Waals surface area (Å²) in [5.41, 5.74) is 0.452. The summed E-state index contributed by atoms with van der Waals surface area (Å²) >= 11 is 0. The Morgan fingerprint density at radius 2 is 1.77 bits per heavy atom. The van der Waals surface area contributed by atoms with Crippen molar-refractivity contribution in [1.29, 1.82) is 0 Å². The SMILES string of the molecule is CCOC(=O)N1CCN(C(=O)c2cnc(NCCCN(C)C)nc2)CC1. The van der Waals surface area contributed by atoms with Gasteiger partial charge in [-0.2, -0.15) is 0 Å². The van der Waals surface area contributed by atoms with Gasteiger partial charge in [-0.1, -0.05) is 0 Å². The van der Waals surface area contributed by atoms with Gasteiger partial charge in [-0.15, -0.1) is 0 Å². The van der Waals surface area contributed by atoms with Crippen molar-refractivity contribution in [2.45, 2.75) is 13.3 Å². The first kappa shape index (κ1) is 19.9. The number of anilines is 1. The average Bonchev–Trinajstić information content (AvgIpc) is 2.65. The molecular weight excluding hydrogens is 336 g/mol. The molecule has 2 amide bonds. The molecule has 0 spiro atoms. The van der Waals surface area contributed by atoms with Crippen molar-refractivity contribution in [1.82, 2.24) is 24.7 Å². The van der Waals surface area contributed by atoms with E-state index in [1.807, 2.05) is 14.1 Å². The van der Waals surface area contributed by atoms with E-state index in [2.05, 4.69) is 20.2 Å². The fourth-order valence-corrected chi connectivity index (χ4v) is 2.61. The summed E-state index contributed by atoms with van der Waals surface area (Å²) in [6.07, 6.45) is 3.75. The summed E-state index contributed by atoms with van der Waals surface area (Å²) in [6, 6.07) is 0. The lowest BCUT2D eigenvalue weighted by Gasteiger charge is -2.33. The number of aromatic nitrogens is 2. The van der Waals surface area contributed by atoms with Gasteiger partial charge in [-0.25, -0.2) is 14.8 Å². The van der Waals surface area contributed by atoms with Crippen LogP contribution in [-0.4, -0.2) is 96.6 Å². The monoisotopic (exact) mass is 364 g/mol. The second kappa shape index (κ2) is 9.91. The van der Waals surface area contributed by atoms with Gasteiger partial charge in [0.2, 0.25) is 5.95 Å². The molecule has 1 aromatic rings. The standard InChI is InChI=1S/C17H28N6O3/c1-4-26-17(25)23-10-8-22(9-11-23)15(24)14-12-19-16(20-13-14)18-6-5-7-21(2)3/h12-13H,4-11H2,1-3H3,(H,18,19,20). The van der Waals surface area contributed by atoms with E-state index in [1.165, 1.54) is 0 Å². The molecule has 0 aromatic carbocycles. The molecular formula is C17H28N6O3. The van der Waals surface area contributed by atoms with Crippen LogP contribution in [-0.2, 0) is 4.74 Å². The molecule has 0 unspecified atom stereocenters. The number of hydrogen-bond acceptors (Lipinski definition) is 7. The Labute approximate surface area is 154 Å². The van der Waals surface area contributed by atoms with E-state index in [0.717, 1.165) is 19.5 Å². The molecule has 1 saturated heterocycles. The fourth-order valence-electron chi connectivity index (χ4n) is 2.61. The summed E-state index contributed by atoms with van der Waals surface area (Å²) < 4.78 is 4.98. The molecule has 2 heterocycles. The highest BCUT2D eigenvalue weighted by Crippen LogP contribution is 2.09. The molecule has 1 aliphatic rings. The lowest BCUT2D eigenvalue weighted by atomic mass is 10.2. The number of amides is 2. The number of ether oxygens (including phenoxy) is 1. The molecule has 1 N–H and O–H groups in total. The second-order valence-electron chi connectivity index (χ2n) is 6.36. The van der Waals surface area contributed by atoms with Crippen LogP contribution in [0.3, 0.4) is 0 Å². The van der Waals surface area contributed by atoms with Crippen LogP contribution in [0.2, 0.25) is 0 Å². The number of nitrogens with zero attached hydrogens (tertiary/aromatic N) is 5. The zero-order valence-electron chi connectivity index (χ0n) is 15.8. The number of nitrogens with one attached hydrogen (secondary N) is 1. The zero-order valence-corrected chi connectivity index (χ0v) is 15.8. The van der Waals surface area contributed by atoms with Crippen molar-refractivity contribution in [3.63, 3.8) is 0 Å². The summed E-state index contributed by atoms with van der Waals surface area (Å²) in [7, 11) is 4.06. The zero-order chi connectivity index (χ0) is 18.9. The van der Waals surface area contributed by atoms with Crippen molar-refractivity contribution in [2.75, 3.05) is 65.3 Å². The van der Waals surface area contributed by atoms with Gasteiger partial charge in [-0.3, -0.25) is 4.79 Å². The topological polar surface area (TPSA) is 90.9 Å². The molecule has 0 aliphatic carbocycles. The van der Waals surface area contributed by atoms with Crippen LogP contribution < -0.4 is 5.32 Å². The Hall–Kier alpha value is -2.42. The number of piperazine rings is 1. The first-order valence-corrected chi connectivity index (χ1v) is 8.93.